The molecule has 0 bridgehead atoms. The van der Waals surface area contributed by atoms with Crippen LogP contribution in [0.15, 0.2) is 170 Å². The summed E-state index contributed by atoms with van der Waals surface area (Å²) < 4.78 is 4.93. The van der Waals surface area contributed by atoms with Gasteiger partial charge in [0.15, 0.2) is 0 Å². The molecule has 0 aliphatic carbocycles. The highest BCUT2D eigenvalue weighted by Crippen LogP contribution is 2.42. The molecular weight excluding hydrogens is 556 g/mol. The van der Waals surface area contributed by atoms with Gasteiger partial charge >= 0.3 is 0 Å². The standard InChI is InChI=1S/C44H28N2/c1-2-15-32(16-3-1)45-40-23-10-9-20-37(40)39-22-12-21-35(44(39)45)31-25-26-38-36-19-8-11-24-41(36)46(42(38)28-31)43-33-17-6-4-13-29(33)27-30-14-5-7-18-34(30)43/h1-28H. The molecular formula is C44H28N2. The van der Waals surface area contributed by atoms with E-state index < -0.39 is 0 Å². The number of rotatable bonds is 3. The van der Waals surface area contributed by atoms with Gasteiger partial charge in [-0.25, -0.2) is 0 Å². The molecule has 46 heavy (non-hydrogen) atoms. The van der Waals surface area contributed by atoms with Gasteiger partial charge in [-0.3, -0.25) is 0 Å². The van der Waals surface area contributed by atoms with Crippen molar-refractivity contribution in [2.24, 2.45) is 0 Å². The molecule has 2 heteroatoms. The number of aromatic nitrogens is 2. The summed E-state index contributed by atoms with van der Waals surface area (Å²) in [6.45, 7) is 0. The van der Waals surface area contributed by atoms with Crippen molar-refractivity contribution >= 4 is 65.2 Å². The Morgan fingerprint density at radius 1 is 0.326 bits per heavy atom. The van der Waals surface area contributed by atoms with Gasteiger partial charge in [-0.2, -0.15) is 0 Å². The zero-order valence-electron chi connectivity index (χ0n) is 25.1. The first-order chi connectivity index (χ1) is 22.8. The van der Waals surface area contributed by atoms with Gasteiger partial charge in [0.05, 0.1) is 27.8 Å². The number of hydrogen-bond acceptors (Lipinski definition) is 0. The molecule has 2 aromatic heterocycles. The zero-order valence-corrected chi connectivity index (χ0v) is 25.1. The molecule has 2 nitrogen and oxygen atoms in total. The van der Waals surface area contributed by atoms with Crippen molar-refractivity contribution in [3.05, 3.63) is 170 Å². The first kappa shape index (κ1) is 25.2. The van der Waals surface area contributed by atoms with Gasteiger partial charge in [-0.05, 0) is 52.7 Å². The molecule has 0 aliphatic heterocycles. The highest BCUT2D eigenvalue weighted by atomic mass is 15.0. The average Bonchev–Trinajstić information content (AvgIpc) is 3.63. The molecule has 0 spiro atoms. The molecule has 0 unspecified atom stereocenters. The first-order valence-corrected chi connectivity index (χ1v) is 15.9. The van der Waals surface area contributed by atoms with Crippen LogP contribution in [0.4, 0.5) is 0 Å². The van der Waals surface area contributed by atoms with E-state index in [1.165, 1.54) is 87.7 Å². The molecule has 0 radical (unpaired) electrons. The van der Waals surface area contributed by atoms with E-state index in [2.05, 4.69) is 179 Å². The molecule has 0 amide bonds. The van der Waals surface area contributed by atoms with Crippen LogP contribution in [0, 0.1) is 0 Å². The Balaban J connectivity index is 1.35. The minimum atomic E-state index is 1.17. The second-order valence-electron chi connectivity index (χ2n) is 12.1. The van der Waals surface area contributed by atoms with Gasteiger partial charge < -0.3 is 9.13 Å². The quantitative estimate of drug-likeness (QED) is 0.183. The summed E-state index contributed by atoms with van der Waals surface area (Å²) >= 11 is 0. The lowest BCUT2D eigenvalue weighted by Gasteiger charge is -2.16. The summed E-state index contributed by atoms with van der Waals surface area (Å²) in [5, 5.41) is 10.0. The third-order valence-electron chi connectivity index (χ3n) is 9.66. The van der Waals surface area contributed by atoms with Crippen molar-refractivity contribution in [1.82, 2.24) is 9.13 Å². The number of para-hydroxylation sites is 4. The van der Waals surface area contributed by atoms with E-state index in [0.29, 0.717) is 0 Å². The molecule has 0 saturated carbocycles. The highest BCUT2D eigenvalue weighted by Gasteiger charge is 2.20. The molecule has 10 rings (SSSR count). The minimum Gasteiger partial charge on any atom is -0.309 e. The van der Waals surface area contributed by atoms with E-state index >= 15 is 0 Å². The Bertz CT molecular complexity index is 2740. The van der Waals surface area contributed by atoms with Crippen molar-refractivity contribution in [3.63, 3.8) is 0 Å². The second kappa shape index (κ2) is 9.69. The molecule has 0 aliphatic rings. The van der Waals surface area contributed by atoms with E-state index in [0.717, 1.165) is 0 Å². The van der Waals surface area contributed by atoms with Crippen molar-refractivity contribution in [1.29, 1.82) is 0 Å². The maximum Gasteiger partial charge on any atom is 0.0619 e. The van der Waals surface area contributed by atoms with Crippen LogP contribution >= 0.6 is 0 Å². The Kier molecular flexibility index (Phi) is 5.31. The van der Waals surface area contributed by atoms with Gasteiger partial charge in [0, 0.05) is 43.6 Å². The summed E-state index contributed by atoms with van der Waals surface area (Å²) in [6.07, 6.45) is 0. The topological polar surface area (TPSA) is 9.86 Å². The summed E-state index contributed by atoms with van der Waals surface area (Å²) in [5.74, 6) is 0. The van der Waals surface area contributed by atoms with E-state index in [1.807, 2.05) is 0 Å². The van der Waals surface area contributed by atoms with Crippen molar-refractivity contribution in [3.8, 4) is 22.5 Å². The SMILES string of the molecule is c1ccc(-n2c3ccccc3c3cccc(-c4ccc5c6ccccc6n(-c6c7ccccc7cc7ccccc67)c5c4)c32)cc1. The van der Waals surface area contributed by atoms with E-state index in [9.17, 15) is 0 Å². The number of nitrogens with zero attached hydrogens (tertiary/aromatic N) is 2. The fourth-order valence-corrected chi connectivity index (χ4v) is 7.71. The normalized spacial score (nSPS) is 11.9. The second-order valence-corrected chi connectivity index (χ2v) is 12.1. The Morgan fingerprint density at radius 3 is 1.59 bits per heavy atom. The number of benzene rings is 8. The van der Waals surface area contributed by atoms with E-state index in [-0.39, 0.29) is 0 Å². The zero-order chi connectivity index (χ0) is 30.2. The monoisotopic (exact) mass is 584 g/mol. The first-order valence-electron chi connectivity index (χ1n) is 15.9. The molecule has 214 valence electrons. The van der Waals surface area contributed by atoms with Gasteiger partial charge in [0.2, 0.25) is 0 Å². The minimum absolute atomic E-state index is 1.17. The smallest absolute Gasteiger partial charge is 0.0619 e. The molecule has 0 atom stereocenters. The fraction of sp³-hybridized carbons (Fsp3) is 0. The molecule has 0 N–H and O–H groups in total. The van der Waals surface area contributed by atoms with Gasteiger partial charge in [0.25, 0.3) is 0 Å². The summed E-state index contributed by atoms with van der Waals surface area (Å²) in [7, 11) is 0. The van der Waals surface area contributed by atoms with Crippen LogP contribution in [0.25, 0.3) is 87.7 Å². The lowest BCUT2D eigenvalue weighted by atomic mass is 9.99. The van der Waals surface area contributed by atoms with Crippen LogP contribution in [0.3, 0.4) is 0 Å². The van der Waals surface area contributed by atoms with Crippen LogP contribution in [-0.2, 0) is 0 Å². The largest absolute Gasteiger partial charge is 0.309 e. The number of fused-ring (bicyclic) bond motifs is 8. The predicted molar refractivity (Wildman–Crippen MR) is 196 cm³/mol. The number of hydrogen-bond donors (Lipinski definition) is 0. The fourth-order valence-electron chi connectivity index (χ4n) is 7.71. The Labute approximate surface area is 266 Å². The molecule has 0 saturated heterocycles. The lowest BCUT2D eigenvalue weighted by molar-refractivity contribution is 1.18. The van der Waals surface area contributed by atoms with Crippen molar-refractivity contribution in [2.45, 2.75) is 0 Å². The van der Waals surface area contributed by atoms with Gasteiger partial charge in [-0.15, -0.1) is 0 Å². The van der Waals surface area contributed by atoms with Crippen LogP contribution in [0.1, 0.15) is 0 Å². The van der Waals surface area contributed by atoms with Gasteiger partial charge in [-0.1, -0.05) is 133 Å². The van der Waals surface area contributed by atoms with Crippen LogP contribution in [0.5, 0.6) is 0 Å². The Morgan fingerprint density at radius 2 is 0.870 bits per heavy atom. The maximum atomic E-state index is 2.51. The third kappa shape index (κ3) is 3.53. The average molecular weight is 585 g/mol. The molecule has 2 heterocycles. The molecule has 10 aromatic rings. The van der Waals surface area contributed by atoms with E-state index in [4.69, 9.17) is 0 Å². The van der Waals surface area contributed by atoms with Crippen LogP contribution < -0.4 is 0 Å². The highest BCUT2D eigenvalue weighted by molar-refractivity contribution is 6.17. The maximum absolute atomic E-state index is 2.51. The van der Waals surface area contributed by atoms with Crippen LogP contribution in [0.2, 0.25) is 0 Å². The van der Waals surface area contributed by atoms with Crippen molar-refractivity contribution in [2.75, 3.05) is 0 Å². The molecule has 0 fully saturated rings. The van der Waals surface area contributed by atoms with Crippen LogP contribution in [-0.4, -0.2) is 9.13 Å². The lowest BCUT2D eigenvalue weighted by Crippen LogP contribution is -1.98. The summed E-state index contributed by atoms with van der Waals surface area (Å²) in [6, 6.07) is 62.0. The third-order valence-corrected chi connectivity index (χ3v) is 9.66. The summed E-state index contributed by atoms with van der Waals surface area (Å²) in [4.78, 5) is 0. The summed E-state index contributed by atoms with van der Waals surface area (Å²) in [5.41, 5.74) is 9.69. The molecule has 8 aromatic carbocycles. The Hall–Kier alpha value is -6.12. The predicted octanol–water partition coefficient (Wildman–Crippen LogP) is 11.9. The van der Waals surface area contributed by atoms with Crippen molar-refractivity contribution < 1.29 is 0 Å². The van der Waals surface area contributed by atoms with Gasteiger partial charge in [0.1, 0.15) is 0 Å². The van der Waals surface area contributed by atoms with E-state index in [1.54, 1.807) is 0 Å².